The summed E-state index contributed by atoms with van der Waals surface area (Å²) >= 11 is 1.63. The van der Waals surface area contributed by atoms with Crippen molar-refractivity contribution >= 4 is 23.1 Å². The quantitative estimate of drug-likeness (QED) is 0.672. The first kappa shape index (κ1) is 16.0. The predicted molar refractivity (Wildman–Crippen MR) is 84.1 cm³/mol. The number of hydrogen-bond donors (Lipinski definition) is 3. The molecule has 4 N–H and O–H groups in total. The Morgan fingerprint density at radius 2 is 2.05 bits per heavy atom. The van der Waals surface area contributed by atoms with Crippen molar-refractivity contribution in [3.8, 4) is 5.75 Å². The number of anilines is 2. The van der Waals surface area contributed by atoms with Crippen molar-refractivity contribution in [2.75, 3.05) is 23.9 Å². The van der Waals surface area contributed by atoms with Gasteiger partial charge in [0.1, 0.15) is 5.75 Å². The van der Waals surface area contributed by atoms with Crippen LogP contribution in [-0.2, 0) is 0 Å². The molecule has 0 aromatic heterocycles. The molecule has 4 nitrogen and oxygen atoms in total. The Morgan fingerprint density at radius 1 is 1.37 bits per heavy atom. The molecule has 1 aromatic carbocycles. The molecule has 0 aliphatic rings. The molecule has 0 aliphatic carbocycles. The lowest BCUT2D eigenvalue weighted by molar-refractivity contribution is 0.244. The third-order valence-corrected chi connectivity index (χ3v) is 4.02. The molecule has 0 saturated carbocycles. The number of aliphatic hydroxyl groups is 1. The summed E-state index contributed by atoms with van der Waals surface area (Å²) in [5, 5.41) is 12.8. The second-order valence-electron chi connectivity index (χ2n) is 4.77. The highest BCUT2D eigenvalue weighted by molar-refractivity contribution is 7.99. The molecule has 0 aliphatic heterocycles. The smallest absolute Gasteiger partial charge is 0.144 e. The highest BCUT2D eigenvalue weighted by atomic mass is 32.2. The van der Waals surface area contributed by atoms with Crippen molar-refractivity contribution in [3.63, 3.8) is 0 Å². The number of nitrogens with one attached hydrogen (secondary N) is 1. The summed E-state index contributed by atoms with van der Waals surface area (Å²) in [5.74, 6) is 0.692. The van der Waals surface area contributed by atoms with Crippen LogP contribution < -0.4 is 15.8 Å². The zero-order valence-corrected chi connectivity index (χ0v) is 12.8. The second kappa shape index (κ2) is 7.50. The third-order valence-electron chi connectivity index (χ3n) is 2.85. The topological polar surface area (TPSA) is 67.5 Å². The van der Waals surface area contributed by atoms with Gasteiger partial charge >= 0.3 is 0 Å². The molecule has 2 atom stereocenters. The average molecular weight is 284 g/mol. The van der Waals surface area contributed by atoms with Gasteiger partial charge in [0.25, 0.3) is 0 Å². The van der Waals surface area contributed by atoms with Crippen LogP contribution in [0.5, 0.6) is 5.75 Å². The summed E-state index contributed by atoms with van der Waals surface area (Å²) in [4.78, 5) is 0. The molecule has 0 fully saturated rings. The van der Waals surface area contributed by atoms with Gasteiger partial charge in [-0.05, 0) is 39.2 Å². The maximum Gasteiger partial charge on any atom is 0.144 e. The van der Waals surface area contributed by atoms with Gasteiger partial charge in [-0.25, -0.2) is 0 Å². The molecule has 19 heavy (non-hydrogen) atoms. The van der Waals surface area contributed by atoms with E-state index in [0.29, 0.717) is 11.4 Å². The van der Waals surface area contributed by atoms with Gasteiger partial charge in [-0.1, -0.05) is 6.07 Å². The van der Waals surface area contributed by atoms with Gasteiger partial charge in [0.2, 0.25) is 0 Å². The van der Waals surface area contributed by atoms with Crippen LogP contribution in [0.3, 0.4) is 0 Å². The largest absolute Gasteiger partial charge is 0.489 e. The molecule has 2 unspecified atom stereocenters. The monoisotopic (exact) mass is 284 g/mol. The van der Waals surface area contributed by atoms with Crippen molar-refractivity contribution in [1.29, 1.82) is 0 Å². The maximum atomic E-state index is 9.30. The first-order valence-electron chi connectivity index (χ1n) is 6.45. The van der Waals surface area contributed by atoms with Crippen molar-refractivity contribution in [3.05, 3.63) is 18.2 Å². The van der Waals surface area contributed by atoms with E-state index >= 15 is 0 Å². The highest BCUT2D eigenvalue weighted by Gasteiger charge is 2.17. The van der Waals surface area contributed by atoms with E-state index in [4.69, 9.17) is 10.5 Å². The fourth-order valence-electron chi connectivity index (χ4n) is 1.80. The van der Waals surface area contributed by atoms with E-state index in [1.807, 2.05) is 45.2 Å². The Balaban J connectivity index is 2.84. The fraction of sp³-hybridized carbons (Fsp3) is 0.571. The minimum atomic E-state index is 0.0892. The number of nitrogens with two attached hydrogens (primary N) is 1. The van der Waals surface area contributed by atoms with Gasteiger partial charge < -0.3 is 20.9 Å². The first-order chi connectivity index (χ1) is 8.99. The minimum absolute atomic E-state index is 0.0892. The number of benzene rings is 1. The second-order valence-corrected chi connectivity index (χ2v) is 5.85. The van der Waals surface area contributed by atoms with Crippen molar-refractivity contribution in [1.82, 2.24) is 0 Å². The zero-order chi connectivity index (χ0) is 14.4. The first-order valence-corrected chi connectivity index (χ1v) is 7.73. The Morgan fingerprint density at radius 3 is 2.58 bits per heavy atom. The minimum Gasteiger partial charge on any atom is -0.489 e. The zero-order valence-electron chi connectivity index (χ0n) is 12.0. The molecule has 1 rings (SSSR count). The summed E-state index contributed by atoms with van der Waals surface area (Å²) in [6.07, 6.45) is 2.08. The number of hydrogen-bond acceptors (Lipinski definition) is 5. The summed E-state index contributed by atoms with van der Waals surface area (Å²) in [6.45, 7) is 6.11. The third kappa shape index (κ3) is 4.51. The van der Waals surface area contributed by atoms with Crippen LogP contribution in [0.1, 0.15) is 20.8 Å². The van der Waals surface area contributed by atoms with Crippen molar-refractivity contribution in [2.45, 2.75) is 38.2 Å². The van der Waals surface area contributed by atoms with E-state index < -0.39 is 0 Å². The molecule has 0 bridgehead atoms. The molecule has 108 valence electrons. The lowest BCUT2D eigenvalue weighted by Gasteiger charge is -2.24. The molecule has 5 heteroatoms. The standard InChI is InChI=1S/C14H24N2O2S/c1-9(2)18-12-7-5-6-11(14(12)15)16-10(3)13(8-17)19-4/h5-7,9-10,13,16-17H,8,15H2,1-4H3. The molecule has 0 spiro atoms. The van der Waals surface area contributed by atoms with Crippen LogP contribution in [-0.4, -0.2) is 35.4 Å². The maximum absolute atomic E-state index is 9.30. The number of para-hydroxylation sites is 1. The summed E-state index contributed by atoms with van der Waals surface area (Å²) in [5.41, 5.74) is 7.56. The van der Waals surface area contributed by atoms with Gasteiger partial charge in [0, 0.05) is 11.3 Å². The van der Waals surface area contributed by atoms with Crippen LogP contribution in [0.2, 0.25) is 0 Å². The lowest BCUT2D eigenvalue weighted by atomic mass is 10.2. The van der Waals surface area contributed by atoms with E-state index in [9.17, 15) is 5.11 Å². The fourth-order valence-corrected chi connectivity index (χ4v) is 2.43. The van der Waals surface area contributed by atoms with Crippen molar-refractivity contribution in [2.24, 2.45) is 0 Å². The molecule has 1 aromatic rings. The van der Waals surface area contributed by atoms with Crippen LogP contribution in [0.4, 0.5) is 11.4 Å². The Bertz CT molecular complexity index is 395. The molecular formula is C14H24N2O2S. The summed E-state index contributed by atoms with van der Waals surface area (Å²) < 4.78 is 5.66. The van der Waals surface area contributed by atoms with Crippen molar-refractivity contribution < 1.29 is 9.84 Å². The normalized spacial score (nSPS) is 14.2. The van der Waals surface area contributed by atoms with E-state index in [-0.39, 0.29) is 24.0 Å². The van der Waals surface area contributed by atoms with E-state index in [1.54, 1.807) is 11.8 Å². The number of ether oxygens (including phenoxy) is 1. The Labute approximate surface area is 119 Å². The molecule has 0 heterocycles. The number of rotatable bonds is 7. The van der Waals surface area contributed by atoms with E-state index in [1.165, 1.54) is 0 Å². The molecule has 0 amide bonds. The van der Waals surface area contributed by atoms with Gasteiger partial charge in [0.15, 0.2) is 0 Å². The van der Waals surface area contributed by atoms with Crippen LogP contribution >= 0.6 is 11.8 Å². The number of thioether (sulfide) groups is 1. The van der Waals surface area contributed by atoms with Gasteiger partial charge in [0.05, 0.1) is 24.1 Å². The SMILES string of the molecule is CSC(CO)C(C)Nc1cccc(OC(C)C)c1N. The number of nitrogen functional groups attached to an aromatic ring is 1. The summed E-state index contributed by atoms with van der Waals surface area (Å²) in [6, 6.07) is 5.82. The molecule has 0 radical (unpaired) electrons. The van der Waals surface area contributed by atoms with E-state index in [0.717, 1.165) is 5.69 Å². The van der Waals surface area contributed by atoms with Crippen LogP contribution in [0.15, 0.2) is 18.2 Å². The Kier molecular flexibility index (Phi) is 6.31. The van der Waals surface area contributed by atoms with Gasteiger partial charge in [-0.3, -0.25) is 0 Å². The van der Waals surface area contributed by atoms with Gasteiger partial charge in [-0.2, -0.15) is 11.8 Å². The van der Waals surface area contributed by atoms with Crippen LogP contribution in [0.25, 0.3) is 0 Å². The highest BCUT2D eigenvalue weighted by Crippen LogP contribution is 2.31. The van der Waals surface area contributed by atoms with Crippen LogP contribution in [0, 0.1) is 0 Å². The predicted octanol–water partition coefficient (Wildman–Crippen LogP) is 2.58. The molecule has 0 saturated heterocycles. The lowest BCUT2D eigenvalue weighted by Crippen LogP contribution is -2.31. The molecular weight excluding hydrogens is 260 g/mol. The Hall–Kier alpha value is -1.07. The average Bonchev–Trinajstić information content (AvgIpc) is 2.35. The summed E-state index contributed by atoms with van der Waals surface area (Å²) in [7, 11) is 0. The van der Waals surface area contributed by atoms with E-state index in [2.05, 4.69) is 5.32 Å². The number of aliphatic hydroxyl groups excluding tert-OH is 1. The van der Waals surface area contributed by atoms with Gasteiger partial charge in [-0.15, -0.1) is 0 Å².